The van der Waals surface area contributed by atoms with Gasteiger partial charge in [-0.1, -0.05) is 18.2 Å². The summed E-state index contributed by atoms with van der Waals surface area (Å²) in [5, 5.41) is 3.67. The van der Waals surface area contributed by atoms with E-state index in [2.05, 4.69) is 10.3 Å². The first-order chi connectivity index (χ1) is 15.2. The lowest BCUT2D eigenvalue weighted by Gasteiger charge is -2.31. The van der Waals surface area contributed by atoms with E-state index in [0.717, 1.165) is 39.9 Å². The number of para-hydroxylation sites is 1. The van der Waals surface area contributed by atoms with Crippen LogP contribution in [0.15, 0.2) is 42.5 Å². The number of ether oxygens (including phenoxy) is 1. The third-order valence-corrected chi connectivity index (χ3v) is 5.77. The molecule has 0 bridgehead atoms. The Labute approximate surface area is 184 Å². The number of hydrogen-bond donors (Lipinski definition) is 1. The second kappa shape index (κ2) is 8.78. The Morgan fingerprint density at radius 2 is 1.84 bits per heavy atom. The highest BCUT2D eigenvalue weighted by atomic mass is 19.4. The third-order valence-electron chi connectivity index (χ3n) is 5.77. The summed E-state index contributed by atoms with van der Waals surface area (Å²) in [5.41, 5.74) is 3.20. The van der Waals surface area contributed by atoms with Gasteiger partial charge in [0.05, 0.1) is 42.1 Å². The first-order valence-corrected chi connectivity index (χ1v) is 10.4. The molecule has 0 radical (unpaired) electrons. The van der Waals surface area contributed by atoms with Crippen LogP contribution in [-0.2, 0) is 22.1 Å². The van der Waals surface area contributed by atoms with Crippen LogP contribution in [0.5, 0.6) is 0 Å². The van der Waals surface area contributed by atoms with Gasteiger partial charge in [-0.25, -0.2) is 0 Å². The standard InChI is InChI=1S/C24H24F3N3O2/c1-15-18-5-3-4-6-20(18)28-16(2)19(15)14-23(31)29-21-13-17(24(25,26)27)7-8-22(21)30-9-11-32-12-10-30/h3-8,13H,9-12,14H2,1-2H3,(H,29,31). The normalized spacial score (nSPS) is 14.6. The second-order valence-corrected chi connectivity index (χ2v) is 7.87. The molecule has 1 N–H and O–H groups in total. The molecule has 1 aliphatic heterocycles. The SMILES string of the molecule is Cc1nc2ccccc2c(C)c1CC(=O)Nc1cc(C(F)(F)F)ccc1N1CCOCC1. The topological polar surface area (TPSA) is 54.5 Å². The van der Waals surface area contributed by atoms with Gasteiger partial charge in [-0.05, 0) is 49.2 Å². The van der Waals surface area contributed by atoms with Crippen LogP contribution in [0.3, 0.4) is 0 Å². The molecule has 0 aliphatic carbocycles. The maximum atomic E-state index is 13.3. The molecule has 2 heterocycles. The molecule has 4 rings (SSSR count). The maximum absolute atomic E-state index is 13.3. The zero-order chi connectivity index (χ0) is 22.9. The van der Waals surface area contributed by atoms with Crippen molar-refractivity contribution in [3.8, 4) is 0 Å². The van der Waals surface area contributed by atoms with Gasteiger partial charge in [0.2, 0.25) is 5.91 Å². The fourth-order valence-corrected chi connectivity index (χ4v) is 4.08. The molecule has 0 saturated carbocycles. The second-order valence-electron chi connectivity index (χ2n) is 7.87. The van der Waals surface area contributed by atoms with Gasteiger partial charge in [-0.15, -0.1) is 0 Å². The lowest BCUT2D eigenvalue weighted by molar-refractivity contribution is -0.137. The molecule has 1 aromatic heterocycles. The number of rotatable bonds is 4. The number of halogens is 3. The molecule has 1 saturated heterocycles. The Hall–Kier alpha value is -3.13. The summed E-state index contributed by atoms with van der Waals surface area (Å²) in [7, 11) is 0. The minimum Gasteiger partial charge on any atom is -0.378 e. The van der Waals surface area contributed by atoms with Crippen LogP contribution in [0.4, 0.5) is 24.5 Å². The van der Waals surface area contributed by atoms with Crippen LogP contribution in [0, 0.1) is 13.8 Å². The summed E-state index contributed by atoms with van der Waals surface area (Å²) in [5.74, 6) is -0.387. The number of fused-ring (bicyclic) bond motifs is 1. The van der Waals surface area contributed by atoms with Crippen LogP contribution in [0.2, 0.25) is 0 Å². The van der Waals surface area contributed by atoms with Gasteiger partial charge in [-0.2, -0.15) is 13.2 Å². The zero-order valence-corrected chi connectivity index (χ0v) is 17.9. The van der Waals surface area contributed by atoms with Gasteiger partial charge < -0.3 is 15.0 Å². The monoisotopic (exact) mass is 443 g/mol. The average molecular weight is 443 g/mol. The van der Waals surface area contributed by atoms with E-state index in [1.165, 1.54) is 6.07 Å². The van der Waals surface area contributed by atoms with Crippen molar-refractivity contribution >= 4 is 28.2 Å². The lowest BCUT2D eigenvalue weighted by atomic mass is 9.99. The number of alkyl halides is 3. The van der Waals surface area contributed by atoms with Crippen molar-refractivity contribution in [1.82, 2.24) is 4.98 Å². The number of morpholine rings is 1. The van der Waals surface area contributed by atoms with E-state index in [9.17, 15) is 18.0 Å². The van der Waals surface area contributed by atoms with Gasteiger partial charge >= 0.3 is 6.18 Å². The van der Waals surface area contributed by atoms with Crippen molar-refractivity contribution in [2.45, 2.75) is 26.4 Å². The molecule has 168 valence electrons. The first kappa shape index (κ1) is 22.1. The Kier molecular flexibility index (Phi) is 6.06. The fraction of sp³-hybridized carbons (Fsp3) is 0.333. The van der Waals surface area contributed by atoms with Crippen LogP contribution >= 0.6 is 0 Å². The first-order valence-electron chi connectivity index (χ1n) is 10.4. The van der Waals surface area contributed by atoms with E-state index >= 15 is 0 Å². The summed E-state index contributed by atoms with van der Waals surface area (Å²) >= 11 is 0. The molecular formula is C24H24F3N3O2. The summed E-state index contributed by atoms with van der Waals surface area (Å²) < 4.78 is 45.3. The summed E-state index contributed by atoms with van der Waals surface area (Å²) in [6.45, 7) is 5.82. The van der Waals surface area contributed by atoms with Gasteiger partial charge in [0.25, 0.3) is 0 Å². The van der Waals surface area contributed by atoms with E-state index in [4.69, 9.17) is 4.74 Å². The molecule has 3 aromatic rings. The highest BCUT2D eigenvalue weighted by molar-refractivity contribution is 5.97. The highest BCUT2D eigenvalue weighted by Gasteiger charge is 2.32. The molecular weight excluding hydrogens is 419 g/mol. The summed E-state index contributed by atoms with van der Waals surface area (Å²) in [4.78, 5) is 19.5. The lowest BCUT2D eigenvalue weighted by Crippen LogP contribution is -2.37. The van der Waals surface area contributed by atoms with Crippen molar-refractivity contribution in [2.75, 3.05) is 36.5 Å². The van der Waals surface area contributed by atoms with Crippen LogP contribution in [0.1, 0.15) is 22.4 Å². The molecule has 1 aliphatic rings. The number of aromatic nitrogens is 1. The number of amides is 1. The van der Waals surface area contributed by atoms with Gasteiger partial charge in [0.1, 0.15) is 0 Å². The molecule has 1 fully saturated rings. The van der Waals surface area contributed by atoms with E-state index in [1.807, 2.05) is 43.0 Å². The fourth-order valence-electron chi connectivity index (χ4n) is 4.08. The van der Waals surface area contributed by atoms with Gasteiger partial charge in [-0.3, -0.25) is 9.78 Å². The van der Waals surface area contributed by atoms with Crippen LogP contribution < -0.4 is 10.2 Å². The van der Waals surface area contributed by atoms with Crippen molar-refractivity contribution in [1.29, 1.82) is 0 Å². The highest BCUT2D eigenvalue weighted by Crippen LogP contribution is 2.36. The van der Waals surface area contributed by atoms with E-state index in [1.54, 1.807) is 0 Å². The number of nitrogens with zero attached hydrogens (tertiary/aromatic N) is 2. The van der Waals surface area contributed by atoms with E-state index in [-0.39, 0.29) is 18.0 Å². The van der Waals surface area contributed by atoms with Crippen LogP contribution in [0.25, 0.3) is 10.9 Å². The van der Waals surface area contributed by atoms with E-state index < -0.39 is 11.7 Å². The number of aryl methyl sites for hydroxylation is 2. The Morgan fingerprint density at radius 3 is 2.56 bits per heavy atom. The van der Waals surface area contributed by atoms with Crippen molar-refractivity contribution in [2.24, 2.45) is 0 Å². The third kappa shape index (κ3) is 4.55. The number of hydrogen-bond acceptors (Lipinski definition) is 4. The Morgan fingerprint density at radius 1 is 1.12 bits per heavy atom. The smallest absolute Gasteiger partial charge is 0.378 e. The largest absolute Gasteiger partial charge is 0.416 e. The number of carbonyl (C=O) groups is 1. The van der Waals surface area contributed by atoms with E-state index in [0.29, 0.717) is 32.0 Å². The van der Waals surface area contributed by atoms with Gasteiger partial charge in [0, 0.05) is 24.2 Å². The molecule has 1 amide bonds. The van der Waals surface area contributed by atoms with Gasteiger partial charge in [0.15, 0.2) is 0 Å². The number of carbonyl (C=O) groups excluding carboxylic acids is 1. The zero-order valence-electron chi connectivity index (χ0n) is 17.9. The predicted molar refractivity (Wildman–Crippen MR) is 118 cm³/mol. The van der Waals surface area contributed by atoms with Crippen molar-refractivity contribution < 1.29 is 22.7 Å². The number of benzene rings is 2. The molecule has 2 aromatic carbocycles. The van der Waals surface area contributed by atoms with Crippen LogP contribution in [-0.4, -0.2) is 37.2 Å². The predicted octanol–water partition coefficient (Wildman–Crippen LogP) is 4.89. The summed E-state index contributed by atoms with van der Waals surface area (Å²) in [6.07, 6.45) is -4.48. The molecule has 8 heteroatoms. The molecule has 32 heavy (non-hydrogen) atoms. The Balaban J connectivity index is 1.64. The minimum atomic E-state index is -4.50. The number of nitrogens with one attached hydrogen (secondary N) is 1. The quantitative estimate of drug-likeness (QED) is 0.624. The maximum Gasteiger partial charge on any atom is 0.416 e. The van der Waals surface area contributed by atoms with Crippen molar-refractivity contribution in [3.63, 3.8) is 0 Å². The average Bonchev–Trinajstić information content (AvgIpc) is 2.76. The molecule has 0 spiro atoms. The minimum absolute atomic E-state index is 0.0221. The number of pyridine rings is 1. The number of anilines is 2. The molecule has 0 atom stereocenters. The molecule has 0 unspecified atom stereocenters. The van der Waals surface area contributed by atoms with Crippen molar-refractivity contribution in [3.05, 3.63) is 64.8 Å². The summed E-state index contributed by atoms with van der Waals surface area (Å²) in [6, 6.07) is 11.1. The molecule has 5 nitrogen and oxygen atoms in total. The Bertz CT molecular complexity index is 1160.